The zero-order valence-electron chi connectivity index (χ0n) is 19.6. The van der Waals surface area contributed by atoms with Gasteiger partial charge in [0.15, 0.2) is 5.15 Å². The van der Waals surface area contributed by atoms with Crippen LogP contribution in [0.4, 0.5) is 24.8 Å². The Hall–Kier alpha value is -2.88. The highest BCUT2D eigenvalue weighted by atomic mass is 35.5. The molecule has 7 nitrogen and oxygen atoms in total. The second kappa shape index (κ2) is 9.21. The predicted molar refractivity (Wildman–Crippen MR) is 130 cm³/mol. The number of anilines is 2. The Morgan fingerprint density at radius 3 is 2.58 bits per heavy atom. The smallest absolute Gasteiger partial charge is 0.369 e. The van der Waals surface area contributed by atoms with Gasteiger partial charge in [-0.15, -0.1) is 10.2 Å². The van der Waals surface area contributed by atoms with Crippen molar-refractivity contribution in [1.29, 1.82) is 0 Å². The molecule has 1 aliphatic carbocycles. The van der Waals surface area contributed by atoms with Crippen molar-refractivity contribution >= 4 is 23.2 Å². The molecule has 6 rings (SSSR count). The van der Waals surface area contributed by atoms with Gasteiger partial charge >= 0.3 is 6.18 Å². The van der Waals surface area contributed by atoms with Crippen LogP contribution in [0.15, 0.2) is 36.5 Å². The fourth-order valence-corrected chi connectivity index (χ4v) is 6.30. The standard InChI is InChI=1S/C25H27ClF3N7/c26-21-11-19(12-30-33-21)35-13-16-7-8-17(14-35)22(16)31-24-32-23-20(6-1-2-9-36(23)34-24)15-4-3-5-18(10-15)25(27,28)29/h3-5,10-12,16-17,20,22H,1-2,6-9,13-14H2,(H,31,34)/t16-,17?,20-,22?/m0/s1. The number of hydrogen-bond acceptors (Lipinski definition) is 6. The molecule has 1 saturated carbocycles. The van der Waals surface area contributed by atoms with Crippen LogP contribution in [0, 0.1) is 11.8 Å². The van der Waals surface area contributed by atoms with Gasteiger partial charge in [-0.05, 0) is 49.1 Å². The van der Waals surface area contributed by atoms with Crippen LogP contribution in [0.3, 0.4) is 0 Å². The monoisotopic (exact) mass is 517 g/mol. The molecular weight excluding hydrogens is 491 g/mol. The minimum absolute atomic E-state index is 0.208. The third-order valence-electron chi connectivity index (χ3n) is 7.85. The number of rotatable bonds is 4. The van der Waals surface area contributed by atoms with Crippen LogP contribution in [0.25, 0.3) is 0 Å². The predicted octanol–water partition coefficient (Wildman–Crippen LogP) is 5.38. The first-order valence-corrected chi connectivity index (χ1v) is 12.8. The molecule has 2 bridgehead atoms. The van der Waals surface area contributed by atoms with Crippen LogP contribution in [-0.2, 0) is 12.7 Å². The molecule has 0 amide bonds. The number of hydrogen-bond donors (Lipinski definition) is 1. The summed E-state index contributed by atoms with van der Waals surface area (Å²) in [4.78, 5) is 7.17. The van der Waals surface area contributed by atoms with Crippen molar-refractivity contribution in [2.45, 2.75) is 56.8 Å². The van der Waals surface area contributed by atoms with Crippen molar-refractivity contribution in [3.8, 4) is 0 Å². The fourth-order valence-electron chi connectivity index (χ4n) is 6.15. The third-order valence-corrected chi connectivity index (χ3v) is 8.03. The number of alkyl halides is 3. The van der Waals surface area contributed by atoms with E-state index >= 15 is 0 Å². The maximum Gasteiger partial charge on any atom is 0.416 e. The van der Waals surface area contributed by atoms with Gasteiger partial charge in [0, 0.05) is 37.7 Å². The Morgan fingerprint density at radius 1 is 1.03 bits per heavy atom. The Balaban J connectivity index is 1.22. The van der Waals surface area contributed by atoms with E-state index in [2.05, 4.69) is 20.4 Å². The zero-order valence-corrected chi connectivity index (χ0v) is 20.4. The number of nitrogens with one attached hydrogen (secondary N) is 1. The minimum Gasteiger partial charge on any atom is -0.369 e. The Labute approximate surface area is 212 Å². The van der Waals surface area contributed by atoms with Gasteiger partial charge in [0.25, 0.3) is 0 Å². The molecule has 1 aromatic carbocycles. The Kier molecular flexibility index (Phi) is 6.02. The number of halogens is 4. The second-order valence-corrected chi connectivity index (χ2v) is 10.5. The summed E-state index contributed by atoms with van der Waals surface area (Å²) in [5.41, 5.74) is 1.01. The molecule has 0 spiro atoms. The largest absolute Gasteiger partial charge is 0.416 e. The molecule has 3 aromatic rings. The van der Waals surface area contributed by atoms with Crippen LogP contribution in [0.5, 0.6) is 0 Å². The second-order valence-electron chi connectivity index (χ2n) is 10.1. The quantitative estimate of drug-likeness (QED) is 0.501. The van der Waals surface area contributed by atoms with Crippen LogP contribution >= 0.6 is 11.6 Å². The lowest BCUT2D eigenvalue weighted by molar-refractivity contribution is -0.137. The number of fused-ring (bicyclic) bond motifs is 3. The van der Waals surface area contributed by atoms with Gasteiger partial charge in [0.05, 0.1) is 17.4 Å². The van der Waals surface area contributed by atoms with Crippen molar-refractivity contribution < 1.29 is 13.2 Å². The molecule has 3 aliphatic rings. The lowest BCUT2D eigenvalue weighted by Crippen LogP contribution is -2.48. The molecule has 11 heteroatoms. The number of piperidine rings is 1. The van der Waals surface area contributed by atoms with Gasteiger partial charge < -0.3 is 10.2 Å². The van der Waals surface area contributed by atoms with Gasteiger partial charge in [0.2, 0.25) is 5.95 Å². The van der Waals surface area contributed by atoms with Gasteiger partial charge in [0.1, 0.15) is 5.82 Å². The van der Waals surface area contributed by atoms with Crippen molar-refractivity contribution in [3.05, 3.63) is 58.6 Å². The van der Waals surface area contributed by atoms with Crippen LogP contribution in [0.1, 0.15) is 55.0 Å². The van der Waals surface area contributed by atoms with Crippen molar-refractivity contribution in [1.82, 2.24) is 25.0 Å². The van der Waals surface area contributed by atoms with Crippen molar-refractivity contribution in [3.63, 3.8) is 0 Å². The number of nitrogens with zero attached hydrogens (tertiary/aromatic N) is 6. The minimum atomic E-state index is -4.37. The lowest BCUT2D eigenvalue weighted by Gasteiger charge is -2.39. The highest BCUT2D eigenvalue weighted by Crippen LogP contribution is 2.41. The maximum atomic E-state index is 13.4. The van der Waals surface area contributed by atoms with E-state index in [0.717, 1.165) is 69.3 Å². The number of aryl methyl sites for hydroxylation is 1. The van der Waals surface area contributed by atoms with Gasteiger partial charge in [-0.2, -0.15) is 23.3 Å². The van der Waals surface area contributed by atoms with Gasteiger partial charge in [-0.1, -0.05) is 36.2 Å². The molecule has 4 atom stereocenters. The van der Waals surface area contributed by atoms with E-state index in [1.165, 1.54) is 12.1 Å². The summed E-state index contributed by atoms with van der Waals surface area (Å²) in [5.74, 6) is 1.97. The molecular formula is C25H27ClF3N7. The molecule has 2 fully saturated rings. The number of aromatic nitrogens is 5. The lowest BCUT2D eigenvalue weighted by atomic mass is 9.92. The van der Waals surface area contributed by atoms with Crippen molar-refractivity contribution in [2.24, 2.45) is 11.8 Å². The maximum absolute atomic E-state index is 13.4. The summed E-state index contributed by atoms with van der Waals surface area (Å²) < 4.78 is 41.9. The van der Waals surface area contributed by atoms with Crippen LogP contribution in [-0.4, -0.2) is 44.1 Å². The van der Waals surface area contributed by atoms with E-state index in [1.54, 1.807) is 12.3 Å². The molecule has 36 heavy (non-hydrogen) atoms. The van der Waals surface area contributed by atoms with Crippen LogP contribution in [0.2, 0.25) is 5.15 Å². The molecule has 1 N–H and O–H groups in total. The summed E-state index contributed by atoms with van der Waals surface area (Å²) in [6, 6.07) is 7.75. The van der Waals surface area contributed by atoms with E-state index in [-0.39, 0.29) is 12.0 Å². The third kappa shape index (κ3) is 4.51. The average Bonchev–Trinajstić information content (AvgIpc) is 3.25. The van der Waals surface area contributed by atoms with E-state index in [1.807, 2.05) is 10.7 Å². The highest BCUT2D eigenvalue weighted by molar-refractivity contribution is 6.29. The summed E-state index contributed by atoms with van der Waals surface area (Å²) in [7, 11) is 0. The van der Waals surface area contributed by atoms with E-state index < -0.39 is 11.7 Å². The molecule has 0 radical (unpaired) electrons. The van der Waals surface area contributed by atoms with Crippen molar-refractivity contribution in [2.75, 3.05) is 23.3 Å². The van der Waals surface area contributed by atoms with Gasteiger partial charge in [-0.3, -0.25) is 0 Å². The normalized spacial score (nSPS) is 25.9. The summed E-state index contributed by atoms with van der Waals surface area (Å²) >= 11 is 6.05. The summed E-state index contributed by atoms with van der Waals surface area (Å²) in [6.07, 6.45) is 2.22. The average molecular weight is 518 g/mol. The van der Waals surface area contributed by atoms with Gasteiger partial charge in [-0.25, -0.2) is 4.68 Å². The first-order chi connectivity index (χ1) is 17.3. The topological polar surface area (TPSA) is 71.8 Å². The fraction of sp³-hybridized carbons (Fsp3) is 0.520. The first kappa shape index (κ1) is 23.5. The molecule has 190 valence electrons. The van der Waals surface area contributed by atoms with E-state index in [9.17, 15) is 13.2 Å². The molecule has 2 unspecified atom stereocenters. The van der Waals surface area contributed by atoms with Crippen LogP contribution < -0.4 is 10.2 Å². The Morgan fingerprint density at radius 2 is 1.83 bits per heavy atom. The summed E-state index contributed by atoms with van der Waals surface area (Å²) in [6.45, 7) is 2.49. The van der Waals surface area contributed by atoms with E-state index in [0.29, 0.717) is 28.5 Å². The molecule has 2 aliphatic heterocycles. The first-order valence-electron chi connectivity index (χ1n) is 12.5. The SMILES string of the molecule is FC(F)(F)c1cccc([C@@H]2CCCCn3nc(NC4C5CC[C@H]4CN(c4cnnc(Cl)c4)C5)nc32)c1. The molecule has 2 aromatic heterocycles. The molecule has 4 heterocycles. The molecule has 1 saturated heterocycles. The number of benzene rings is 1. The Bertz CT molecular complexity index is 1230. The zero-order chi connectivity index (χ0) is 24.9. The summed E-state index contributed by atoms with van der Waals surface area (Å²) in [5, 5.41) is 16.6. The highest BCUT2D eigenvalue weighted by Gasteiger charge is 2.43. The van der Waals surface area contributed by atoms with E-state index in [4.69, 9.17) is 21.7 Å².